The number of fused-ring (bicyclic) bond motifs is 3. The van der Waals surface area contributed by atoms with Crippen molar-refractivity contribution in [2.24, 2.45) is 7.05 Å². The van der Waals surface area contributed by atoms with Crippen LogP contribution in [0.4, 0.5) is 11.4 Å². The first-order chi connectivity index (χ1) is 29.1. The second kappa shape index (κ2) is 17.8. The van der Waals surface area contributed by atoms with Crippen LogP contribution in [0, 0.1) is 0 Å². The van der Waals surface area contributed by atoms with Gasteiger partial charge in [0.25, 0.3) is 21.9 Å². The molecule has 318 valence electrons. The second-order valence-electron chi connectivity index (χ2n) is 15.7. The lowest BCUT2D eigenvalue weighted by atomic mass is 9.79. The lowest BCUT2D eigenvalue weighted by molar-refractivity contribution is -0.438. The van der Waals surface area contributed by atoms with Crippen LogP contribution in [0.5, 0.6) is 0 Å². The quantitative estimate of drug-likeness (QED) is 0.0136. The van der Waals surface area contributed by atoms with E-state index in [9.17, 15) is 27.4 Å². The Morgan fingerprint density at radius 2 is 1.70 bits per heavy atom. The zero-order chi connectivity index (χ0) is 43.6. The molecule has 0 fully saturated rings. The van der Waals surface area contributed by atoms with Crippen molar-refractivity contribution < 1.29 is 46.6 Å². The highest BCUT2D eigenvalue weighted by Gasteiger charge is 2.45. The molecule has 14 nitrogen and oxygen atoms in total. The van der Waals surface area contributed by atoms with Gasteiger partial charge in [-0.05, 0) is 73.9 Å². The average Bonchev–Trinajstić information content (AvgIpc) is 3.77. The number of unbranched alkanes of at least 4 members (excludes halogenated alkanes) is 2. The maximum Gasteiger partial charge on any atom is 0.294 e. The van der Waals surface area contributed by atoms with Crippen LogP contribution in [0.25, 0.3) is 38.5 Å². The van der Waals surface area contributed by atoms with E-state index in [1.807, 2.05) is 44.5 Å². The van der Waals surface area contributed by atoms with Crippen LogP contribution in [-0.2, 0) is 46.3 Å². The molecular weight excluding hydrogens is 819 g/mol. The summed E-state index contributed by atoms with van der Waals surface area (Å²) in [5.41, 5.74) is 4.31. The zero-order valence-electron chi connectivity index (χ0n) is 34.5. The van der Waals surface area contributed by atoms with Gasteiger partial charge in [-0.25, -0.2) is 5.26 Å². The number of hydrogen-bond acceptors (Lipinski definition) is 10. The van der Waals surface area contributed by atoms with Gasteiger partial charge in [0, 0.05) is 115 Å². The van der Waals surface area contributed by atoms with Gasteiger partial charge in [0.1, 0.15) is 6.54 Å². The summed E-state index contributed by atoms with van der Waals surface area (Å²) < 4.78 is 44.2. The number of anilines is 1. The van der Waals surface area contributed by atoms with Gasteiger partial charge >= 0.3 is 0 Å². The van der Waals surface area contributed by atoms with Gasteiger partial charge in [-0.3, -0.25) is 23.8 Å². The Bertz CT molecular complexity index is 2860. The molecule has 16 heteroatoms. The van der Waals surface area contributed by atoms with E-state index in [2.05, 4.69) is 87.8 Å². The third-order valence-corrected chi connectivity index (χ3v) is 12.9. The molecule has 5 aromatic rings. The van der Waals surface area contributed by atoms with Crippen LogP contribution < -0.4 is 15.6 Å². The summed E-state index contributed by atoms with van der Waals surface area (Å²) in [6, 6.07) is 17.2. The summed E-state index contributed by atoms with van der Waals surface area (Å²) in [4.78, 5) is 39.4. The zero-order valence-corrected chi connectivity index (χ0v) is 36.2. The largest absolute Gasteiger partial charge is 0.377 e. The Labute approximate surface area is 357 Å². The molecule has 7 rings (SSSR count). The topological polar surface area (TPSA) is 171 Å². The molecule has 3 heterocycles. The molecule has 0 atom stereocenters. The van der Waals surface area contributed by atoms with E-state index in [1.165, 1.54) is 35.1 Å². The second-order valence-corrected chi connectivity index (χ2v) is 17.9. The monoisotopic (exact) mass is 866 g/mol. The molecule has 3 amide bonds. The summed E-state index contributed by atoms with van der Waals surface area (Å²) in [7, 11) is 1.54. The molecule has 0 radical (unpaired) electrons. The highest BCUT2D eigenvalue weighted by Crippen LogP contribution is 2.47. The third-order valence-electron chi connectivity index (χ3n) is 11.4. The minimum atomic E-state index is -4.63. The lowest BCUT2D eigenvalue weighted by Gasteiger charge is -2.19. The van der Waals surface area contributed by atoms with Gasteiger partial charge in [-0.2, -0.15) is 13.0 Å². The smallest absolute Gasteiger partial charge is 0.294 e. The number of aryl methyl sites for hydroxylation is 1. The molecule has 1 aromatic heterocycles. The maximum atomic E-state index is 12.6. The molecule has 0 saturated carbocycles. The van der Waals surface area contributed by atoms with Gasteiger partial charge in [-0.15, -0.1) is 4.33 Å². The third kappa shape index (κ3) is 8.64. The van der Waals surface area contributed by atoms with Crippen LogP contribution in [0.2, 0.25) is 0 Å². The predicted octanol–water partition coefficient (Wildman–Crippen LogP) is 6.52. The van der Waals surface area contributed by atoms with E-state index in [1.54, 1.807) is 0 Å². The predicted molar refractivity (Wildman–Crippen MR) is 237 cm³/mol. The first-order valence-corrected chi connectivity index (χ1v) is 22.0. The van der Waals surface area contributed by atoms with Gasteiger partial charge in [0.2, 0.25) is 11.6 Å². The van der Waals surface area contributed by atoms with Crippen molar-refractivity contribution in [2.45, 2.75) is 54.7 Å². The fraction of sp³-hybridized carbons (Fsp3) is 0.289. The van der Waals surface area contributed by atoms with E-state index >= 15 is 0 Å². The van der Waals surface area contributed by atoms with Crippen molar-refractivity contribution >= 4 is 95.5 Å². The number of carbonyl (C=O) groups excluding carboxylic acids is 3. The lowest BCUT2D eigenvalue weighted by Crippen LogP contribution is -2.38. The highest BCUT2D eigenvalue weighted by molar-refractivity contribution is 7.94. The number of amides is 3. The number of allylic oxidation sites excluding steroid dienone is 4. The number of aromatic nitrogens is 1. The Morgan fingerprint density at radius 1 is 0.951 bits per heavy atom. The summed E-state index contributed by atoms with van der Waals surface area (Å²) in [6.07, 6.45) is 14.9. The molecule has 2 aliphatic heterocycles. The van der Waals surface area contributed by atoms with Gasteiger partial charge in [0.15, 0.2) is 5.71 Å². The molecule has 3 N–H and O–H groups in total. The van der Waals surface area contributed by atoms with Gasteiger partial charge in [-0.1, -0.05) is 41.5 Å². The Morgan fingerprint density at radius 3 is 2.43 bits per heavy atom. The van der Waals surface area contributed by atoms with E-state index in [0.29, 0.717) is 40.7 Å². The van der Waals surface area contributed by atoms with E-state index in [0.717, 1.165) is 56.6 Å². The number of imide groups is 1. The SMILES string of the molecule is CN(C)c1ccc2c3c1cccc3c(=CC=CC=CC1=[N+](CCCCCC(=O)NCCN3C(=O)C=CC3=O)c3ccc4c(SOOO)cc(S(=O)(=O)O)cc4c3C1(C)C)n2C. The molecule has 4 aromatic carbocycles. The number of nitrogens with one attached hydrogen (secondary N) is 1. The van der Waals surface area contributed by atoms with Crippen molar-refractivity contribution in [3.63, 3.8) is 0 Å². The normalized spacial score (nSPS) is 15.7. The van der Waals surface area contributed by atoms with E-state index in [4.69, 9.17) is 9.59 Å². The van der Waals surface area contributed by atoms with Crippen molar-refractivity contribution in [2.75, 3.05) is 38.6 Å². The standard InChI is InChI=1S/C45H47N5O9S2/c1-45(2)39(16-9-6-8-15-35-32-14-12-13-31-34(47(3)4)20-21-36(43(31)32)48(35)5)49(25-11-7-10-17-40(51)46-24-26-50-41(52)22-23-42(50)53)37-19-18-30-33(44(37)45)27-29(61(55,56)57)28-38(30)60-59-58-54/h6,8-9,12-16,18-23,27-28H,7,10-11,17,24-26H2,1-5H3,(H2-,46,51,54,55,56,57)/p+1. The number of benzene rings is 4. The molecule has 0 spiro atoms. The van der Waals surface area contributed by atoms with Crippen molar-refractivity contribution in [3.05, 3.63) is 102 Å². The summed E-state index contributed by atoms with van der Waals surface area (Å²) >= 11 is 0.616. The maximum absolute atomic E-state index is 12.6. The number of hydrogen-bond donors (Lipinski definition) is 3. The van der Waals surface area contributed by atoms with Crippen LogP contribution >= 0.6 is 12.0 Å². The average molecular weight is 867 g/mol. The number of carbonyl (C=O) groups is 3. The van der Waals surface area contributed by atoms with Crippen LogP contribution in [-0.4, -0.2) is 89.4 Å². The Kier molecular flexibility index (Phi) is 12.7. The van der Waals surface area contributed by atoms with Crippen molar-refractivity contribution in [3.8, 4) is 0 Å². The highest BCUT2D eigenvalue weighted by atomic mass is 32.2. The van der Waals surface area contributed by atoms with Crippen LogP contribution in [0.3, 0.4) is 0 Å². The van der Waals surface area contributed by atoms with Crippen LogP contribution in [0.15, 0.2) is 101 Å². The first kappa shape index (κ1) is 43.5. The minimum absolute atomic E-state index is 0.113. The molecule has 0 unspecified atom stereocenters. The van der Waals surface area contributed by atoms with Crippen molar-refractivity contribution in [1.82, 2.24) is 14.8 Å². The molecular formula is C45H48N5O9S2+. The number of rotatable bonds is 17. The summed E-state index contributed by atoms with van der Waals surface area (Å²) in [5, 5.41) is 21.4. The van der Waals surface area contributed by atoms with Crippen LogP contribution in [0.1, 0.15) is 45.1 Å². The minimum Gasteiger partial charge on any atom is -0.377 e. The first-order valence-electron chi connectivity index (χ1n) is 19.8. The van der Waals surface area contributed by atoms with E-state index < -0.39 is 15.5 Å². The van der Waals surface area contributed by atoms with Crippen molar-refractivity contribution in [1.29, 1.82) is 0 Å². The Balaban J connectivity index is 1.17. The molecule has 61 heavy (non-hydrogen) atoms. The Hall–Kier alpha value is -5.62. The van der Waals surface area contributed by atoms with Gasteiger partial charge in [0.05, 0.1) is 22.4 Å². The van der Waals surface area contributed by atoms with Gasteiger partial charge < -0.3 is 14.8 Å². The fourth-order valence-electron chi connectivity index (χ4n) is 8.55. The number of nitrogens with zero attached hydrogens (tertiary/aromatic N) is 4. The fourth-order valence-corrected chi connectivity index (χ4v) is 9.71. The molecule has 2 aliphatic rings. The summed E-state index contributed by atoms with van der Waals surface area (Å²) in [5.74, 6) is -0.936. The van der Waals surface area contributed by atoms with E-state index in [-0.39, 0.29) is 42.1 Å². The molecule has 0 bridgehead atoms. The summed E-state index contributed by atoms with van der Waals surface area (Å²) in [6.45, 7) is 5.01. The molecule has 0 saturated heterocycles. The molecule has 0 aliphatic carbocycles.